The molecule has 0 radical (unpaired) electrons. The molecule has 3 atom stereocenters. The van der Waals surface area contributed by atoms with Gasteiger partial charge in [0.2, 0.25) is 0 Å². The number of hydrogen-bond donors (Lipinski definition) is 1. The molecule has 2 rings (SSSR count). The quantitative estimate of drug-likeness (QED) is 0.754. The molecule has 0 aromatic carbocycles. The van der Waals surface area contributed by atoms with Crippen LogP contribution in [-0.4, -0.2) is 11.7 Å². The van der Waals surface area contributed by atoms with Crippen LogP contribution in [-0.2, 0) is 0 Å². The van der Waals surface area contributed by atoms with Crippen molar-refractivity contribution in [1.29, 1.82) is 0 Å². The second-order valence-electron chi connectivity index (χ2n) is 7.22. The van der Waals surface area contributed by atoms with Gasteiger partial charge in [-0.2, -0.15) is 0 Å². The zero-order valence-corrected chi connectivity index (χ0v) is 10.8. The summed E-state index contributed by atoms with van der Waals surface area (Å²) in [5.74, 6) is 0.782. The highest BCUT2D eigenvalue weighted by molar-refractivity contribution is 5.05. The summed E-state index contributed by atoms with van der Waals surface area (Å²) in [5.41, 5.74) is 1.29. The Morgan fingerprint density at radius 1 is 1.13 bits per heavy atom. The summed E-state index contributed by atoms with van der Waals surface area (Å²) in [6.07, 6.45) is 6.74. The van der Waals surface area contributed by atoms with Gasteiger partial charge in [-0.3, -0.25) is 0 Å². The van der Waals surface area contributed by atoms with E-state index in [2.05, 4.69) is 27.7 Å². The molecule has 1 N–H and O–H groups in total. The third kappa shape index (κ3) is 1.73. The molecule has 0 amide bonds. The van der Waals surface area contributed by atoms with Crippen LogP contribution < -0.4 is 0 Å². The van der Waals surface area contributed by atoms with Gasteiger partial charge in [0.1, 0.15) is 0 Å². The SMILES string of the molecule is CC1(C)CCCC1(C)CC1C[C@@]1(C)CO. The first-order valence-corrected chi connectivity index (χ1v) is 6.44. The van der Waals surface area contributed by atoms with Gasteiger partial charge in [0.15, 0.2) is 0 Å². The van der Waals surface area contributed by atoms with E-state index in [1.165, 1.54) is 32.1 Å². The number of aliphatic hydroxyl groups is 1. The summed E-state index contributed by atoms with van der Waals surface area (Å²) >= 11 is 0. The van der Waals surface area contributed by atoms with Crippen LogP contribution in [0, 0.1) is 22.2 Å². The monoisotopic (exact) mass is 210 g/mol. The Balaban J connectivity index is 2.01. The summed E-state index contributed by atoms with van der Waals surface area (Å²) in [7, 11) is 0. The van der Waals surface area contributed by atoms with Crippen LogP contribution in [0.4, 0.5) is 0 Å². The molecule has 0 saturated heterocycles. The third-order valence-electron chi connectivity index (χ3n) is 5.76. The molecular formula is C14H26O. The molecule has 2 unspecified atom stereocenters. The summed E-state index contributed by atoms with van der Waals surface area (Å²) < 4.78 is 0. The Hall–Kier alpha value is -0.0400. The lowest BCUT2D eigenvalue weighted by Crippen LogP contribution is -2.30. The van der Waals surface area contributed by atoms with E-state index in [0.717, 1.165) is 5.92 Å². The Morgan fingerprint density at radius 2 is 1.80 bits per heavy atom. The lowest BCUT2D eigenvalue weighted by atomic mass is 9.66. The fourth-order valence-electron chi connectivity index (χ4n) is 3.50. The minimum atomic E-state index is 0.266. The largest absolute Gasteiger partial charge is 0.396 e. The smallest absolute Gasteiger partial charge is 0.0487 e. The molecule has 88 valence electrons. The Bertz CT molecular complexity index is 258. The molecule has 0 heterocycles. The van der Waals surface area contributed by atoms with E-state index in [4.69, 9.17) is 0 Å². The molecule has 2 aliphatic carbocycles. The van der Waals surface area contributed by atoms with Crippen LogP contribution in [0.5, 0.6) is 0 Å². The number of rotatable bonds is 3. The Morgan fingerprint density at radius 3 is 2.20 bits per heavy atom. The van der Waals surface area contributed by atoms with Crippen molar-refractivity contribution in [3.8, 4) is 0 Å². The first-order chi connectivity index (χ1) is 6.83. The molecule has 1 heteroatoms. The van der Waals surface area contributed by atoms with Crippen molar-refractivity contribution in [3.63, 3.8) is 0 Å². The summed E-state index contributed by atoms with van der Waals surface area (Å²) in [5, 5.41) is 9.32. The predicted octanol–water partition coefficient (Wildman–Crippen LogP) is 3.61. The minimum Gasteiger partial charge on any atom is -0.396 e. The van der Waals surface area contributed by atoms with Crippen LogP contribution in [0.15, 0.2) is 0 Å². The van der Waals surface area contributed by atoms with Crippen molar-refractivity contribution >= 4 is 0 Å². The number of hydrogen-bond acceptors (Lipinski definition) is 1. The van der Waals surface area contributed by atoms with Crippen LogP contribution in [0.25, 0.3) is 0 Å². The average molecular weight is 210 g/mol. The summed E-state index contributed by atoms with van der Waals surface area (Å²) in [6, 6.07) is 0. The lowest BCUT2D eigenvalue weighted by molar-refractivity contribution is 0.0991. The maximum atomic E-state index is 9.32. The molecule has 2 fully saturated rings. The van der Waals surface area contributed by atoms with E-state index in [1.807, 2.05) is 0 Å². The van der Waals surface area contributed by atoms with Crippen LogP contribution >= 0.6 is 0 Å². The fraction of sp³-hybridized carbons (Fsp3) is 1.00. The molecule has 1 nitrogen and oxygen atoms in total. The zero-order valence-electron chi connectivity index (χ0n) is 10.8. The van der Waals surface area contributed by atoms with Gasteiger partial charge in [0.25, 0.3) is 0 Å². The standard InChI is InChI=1S/C14H26O/c1-12(2)6-5-7-14(12,4)9-11-8-13(11,3)10-15/h11,15H,5-10H2,1-4H3/t11?,13-,14?/m0/s1. The van der Waals surface area contributed by atoms with Crippen molar-refractivity contribution in [2.45, 2.75) is 59.8 Å². The van der Waals surface area contributed by atoms with Crippen molar-refractivity contribution in [1.82, 2.24) is 0 Å². The maximum absolute atomic E-state index is 9.32. The molecule has 2 saturated carbocycles. The van der Waals surface area contributed by atoms with Gasteiger partial charge >= 0.3 is 0 Å². The van der Waals surface area contributed by atoms with Crippen molar-refractivity contribution < 1.29 is 5.11 Å². The predicted molar refractivity (Wildman–Crippen MR) is 63.7 cm³/mol. The second-order valence-corrected chi connectivity index (χ2v) is 7.22. The molecule has 0 aliphatic heterocycles. The van der Waals surface area contributed by atoms with Gasteiger partial charge < -0.3 is 5.11 Å². The summed E-state index contributed by atoms with van der Waals surface area (Å²) in [4.78, 5) is 0. The molecule has 0 aromatic rings. The fourth-order valence-corrected chi connectivity index (χ4v) is 3.50. The normalized spacial score (nSPS) is 48.2. The average Bonchev–Trinajstić information content (AvgIpc) is 2.68. The second kappa shape index (κ2) is 3.23. The zero-order chi connectivity index (χ0) is 11.3. The van der Waals surface area contributed by atoms with E-state index in [1.54, 1.807) is 0 Å². The van der Waals surface area contributed by atoms with Gasteiger partial charge in [0, 0.05) is 6.61 Å². The van der Waals surface area contributed by atoms with E-state index in [0.29, 0.717) is 17.4 Å². The van der Waals surface area contributed by atoms with Gasteiger partial charge in [-0.15, -0.1) is 0 Å². The van der Waals surface area contributed by atoms with Crippen molar-refractivity contribution in [3.05, 3.63) is 0 Å². The highest BCUT2D eigenvalue weighted by atomic mass is 16.3. The highest BCUT2D eigenvalue weighted by Crippen LogP contribution is 2.63. The highest BCUT2D eigenvalue weighted by Gasteiger charge is 2.55. The van der Waals surface area contributed by atoms with E-state index in [-0.39, 0.29) is 5.41 Å². The van der Waals surface area contributed by atoms with Gasteiger partial charge in [-0.1, -0.05) is 34.1 Å². The molecule has 0 aromatic heterocycles. The first kappa shape index (κ1) is 11.4. The van der Waals surface area contributed by atoms with Gasteiger partial charge in [-0.25, -0.2) is 0 Å². The molecule has 15 heavy (non-hydrogen) atoms. The van der Waals surface area contributed by atoms with Gasteiger partial charge in [-0.05, 0) is 47.8 Å². The van der Waals surface area contributed by atoms with E-state index >= 15 is 0 Å². The Labute approximate surface area is 94.3 Å². The van der Waals surface area contributed by atoms with Crippen molar-refractivity contribution in [2.24, 2.45) is 22.2 Å². The molecule has 0 spiro atoms. The van der Waals surface area contributed by atoms with E-state index in [9.17, 15) is 5.11 Å². The third-order valence-corrected chi connectivity index (χ3v) is 5.76. The van der Waals surface area contributed by atoms with Crippen LogP contribution in [0.2, 0.25) is 0 Å². The minimum absolute atomic E-state index is 0.266. The van der Waals surface area contributed by atoms with Crippen LogP contribution in [0.3, 0.4) is 0 Å². The van der Waals surface area contributed by atoms with E-state index < -0.39 is 0 Å². The van der Waals surface area contributed by atoms with Crippen LogP contribution in [0.1, 0.15) is 59.8 Å². The maximum Gasteiger partial charge on any atom is 0.0487 e. The molecule has 2 aliphatic rings. The number of aliphatic hydroxyl groups excluding tert-OH is 1. The Kier molecular flexibility index (Phi) is 2.46. The van der Waals surface area contributed by atoms with Crippen molar-refractivity contribution in [2.75, 3.05) is 6.61 Å². The molecular weight excluding hydrogens is 184 g/mol. The first-order valence-electron chi connectivity index (χ1n) is 6.44. The summed E-state index contributed by atoms with van der Waals surface area (Å²) in [6.45, 7) is 9.95. The topological polar surface area (TPSA) is 20.2 Å². The van der Waals surface area contributed by atoms with Gasteiger partial charge in [0.05, 0.1) is 0 Å². The molecule has 0 bridgehead atoms. The lowest BCUT2D eigenvalue weighted by Gasteiger charge is -2.39.